The first-order valence-corrected chi connectivity index (χ1v) is 8.29. The van der Waals surface area contributed by atoms with Crippen molar-refractivity contribution in [2.45, 2.75) is 6.54 Å². The van der Waals surface area contributed by atoms with Crippen molar-refractivity contribution in [2.24, 2.45) is 0 Å². The lowest BCUT2D eigenvalue weighted by Gasteiger charge is -2.08. The van der Waals surface area contributed by atoms with Gasteiger partial charge in [-0.25, -0.2) is 0 Å². The Kier molecular flexibility index (Phi) is 5.66. The number of hydrogen-bond acceptors (Lipinski definition) is 5. The minimum Gasteiger partial charge on any atom is -0.497 e. The highest BCUT2D eigenvalue weighted by Gasteiger charge is 2.08. The molecule has 0 aliphatic heterocycles. The molecule has 6 nitrogen and oxygen atoms in total. The molecule has 1 heterocycles. The number of benzene rings is 2. The van der Waals surface area contributed by atoms with Gasteiger partial charge >= 0.3 is 0 Å². The molecule has 0 bridgehead atoms. The zero-order valence-corrected chi connectivity index (χ0v) is 14.8. The molecule has 0 unspecified atom stereocenters. The Morgan fingerprint density at radius 2 is 1.77 bits per heavy atom. The maximum atomic E-state index is 12.2. The van der Waals surface area contributed by atoms with Crippen LogP contribution in [0.15, 0.2) is 60.7 Å². The second-order valence-corrected chi connectivity index (χ2v) is 5.91. The summed E-state index contributed by atoms with van der Waals surface area (Å²) in [6.45, 7) is 0.599. The summed E-state index contributed by atoms with van der Waals surface area (Å²) in [5.41, 5.74) is 1.56. The first kappa shape index (κ1) is 17.7. The zero-order valence-electron chi connectivity index (χ0n) is 14.1. The van der Waals surface area contributed by atoms with E-state index in [2.05, 4.69) is 20.8 Å². The molecular formula is C19H17ClN4O2. The van der Waals surface area contributed by atoms with E-state index in [1.54, 1.807) is 43.5 Å². The second kappa shape index (κ2) is 8.31. The van der Waals surface area contributed by atoms with Crippen LogP contribution in [0.25, 0.3) is 0 Å². The van der Waals surface area contributed by atoms with Crippen molar-refractivity contribution in [2.75, 3.05) is 17.7 Å². The number of anilines is 2. The van der Waals surface area contributed by atoms with Gasteiger partial charge in [0.05, 0.1) is 7.11 Å². The Balaban J connectivity index is 1.58. The molecule has 0 spiro atoms. The van der Waals surface area contributed by atoms with Crippen molar-refractivity contribution in [3.63, 3.8) is 0 Å². The van der Waals surface area contributed by atoms with Gasteiger partial charge in [0, 0.05) is 17.1 Å². The summed E-state index contributed by atoms with van der Waals surface area (Å²) in [5, 5.41) is 14.6. The molecule has 0 atom stereocenters. The Bertz CT molecular complexity index is 883. The Hall–Kier alpha value is -3.12. The molecule has 2 aromatic carbocycles. The highest BCUT2D eigenvalue weighted by Crippen LogP contribution is 2.15. The molecule has 0 saturated carbocycles. The van der Waals surface area contributed by atoms with Gasteiger partial charge in [0.2, 0.25) is 0 Å². The van der Waals surface area contributed by atoms with E-state index in [9.17, 15) is 4.79 Å². The maximum absolute atomic E-state index is 12.2. The summed E-state index contributed by atoms with van der Waals surface area (Å²) >= 11 is 5.86. The molecule has 1 amide bonds. The summed E-state index contributed by atoms with van der Waals surface area (Å²) in [4.78, 5) is 12.2. The minimum atomic E-state index is -0.278. The summed E-state index contributed by atoms with van der Waals surface area (Å²) < 4.78 is 5.12. The summed E-state index contributed by atoms with van der Waals surface area (Å²) in [5.74, 6) is 1.32. The molecule has 26 heavy (non-hydrogen) atoms. The molecule has 2 N–H and O–H groups in total. The van der Waals surface area contributed by atoms with Crippen molar-refractivity contribution >= 4 is 29.1 Å². The number of carbonyl (C=O) groups is 1. The van der Waals surface area contributed by atoms with E-state index in [-0.39, 0.29) is 5.91 Å². The monoisotopic (exact) mass is 368 g/mol. The van der Waals surface area contributed by atoms with Crippen LogP contribution >= 0.6 is 11.6 Å². The molecule has 132 valence electrons. The Labute approximate surface area is 156 Å². The fraction of sp³-hybridized carbons (Fsp3) is 0.105. The van der Waals surface area contributed by atoms with E-state index in [0.29, 0.717) is 34.5 Å². The van der Waals surface area contributed by atoms with Crippen molar-refractivity contribution in [1.29, 1.82) is 0 Å². The van der Waals surface area contributed by atoms with E-state index in [0.717, 1.165) is 5.56 Å². The van der Waals surface area contributed by atoms with E-state index < -0.39 is 0 Å². The maximum Gasteiger partial charge on any atom is 0.256 e. The minimum absolute atomic E-state index is 0.278. The zero-order chi connectivity index (χ0) is 18.4. The van der Waals surface area contributed by atoms with Crippen molar-refractivity contribution < 1.29 is 9.53 Å². The number of rotatable bonds is 6. The first-order valence-electron chi connectivity index (χ1n) is 7.91. The molecule has 0 fully saturated rings. The lowest BCUT2D eigenvalue weighted by Crippen LogP contribution is -2.13. The van der Waals surface area contributed by atoms with Crippen LogP contribution in [0, 0.1) is 0 Å². The predicted molar refractivity (Wildman–Crippen MR) is 102 cm³/mol. The molecule has 1 aromatic heterocycles. The average molecular weight is 369 g/mol. The van der Waals surface area contributed by atoms with E-state index >= 15 is 0 Å². The number of carbonyl (C=O) groups excluding carboxylic acids is 1. The normalized spacial score (nSPS) is 10.2. The highest BCUT2D eigenvalue weighted by molar-refractivity contribution is 6.30. The third-order valence-corrected chi connectivity index (χ3v) is 3.88. The third kappa shape index (κ3) is 4.70. The van der Waals surface area contributed by atoms with Crippen LogP contribution in [0.5, 0.6) is 5.75 Å². The quantitative estimate of drug-likeness (QED) is 0.687. The Morgan fingerprint density at radius 3 is 2.46 bits per heavy atom. The predicted octanol–water partition coefficient (Wildman–Crippen LogP) is 4.00. The van der Waals surface area contributed by atoms with Gasteiger partial charge < -0.3 is 15.4 Å². The van der Waals surface area contributed by atoms with Crippen LogP contribution in [0.2, 0.25) is 5.02 Å². The lowest BCUT2D eigenvalue weighted by atomic mass is 10.2. The molecular weight excluding hydrogens is 352 g/mol. The summed E-state index contributed by atoms with van der Waals surface area (Å²) in [6, 6.07) is 17.9. The SMILES string of the molecule is COc1cccc(C(=O)Nc2ccc(NCc3ccc(Cl)cc3)nn2)c1. The van der Waals surface area contributed by atoms with Crippen molar-refractivity contribution in [1.82, 2.24) is 10.2 Å². The number of nitrogens with zero attached hydrogens (tertiary/aromatic N) is 2. The topological polar surface area (TPSA) is 76.1 Å². The number of hydrogen-bond donors (Lipinski definition) is 2. The number of ether oxygens (including phenoxy) is 1. The molecule has 7 heteroatoms. The van der Waals surface area contributed by atoms with Crippen LogP contribution in [0.3, 0.4) is 0 Å². The van der Waals surface area contributed by atoms with Gasteiger partial charge in [0.1, 0.15) is 11.6 Å². The van der Waals surface area contributed by atoms with Crippen LogP contribution in [0.4, 0.5) is 11.6 Å². The van der Waals surface area contributed by atoms with Crippen LogP contribution in [-0.2, 0) is 6.54 Å². The lowest BCUT2D eigenvalue weighted by molar-refractivity contribution is 0.102. The first-order chi connectivity index (χ1) is 12.6. The summed E-state index contributed by atoms with van der Waals surface area (Å²) in [7, 11) is 1.55. The van der Waals surface area contributed by atoms with E-state index in [1.165, 1.54) is 0 Å². The highest BCUT2D eigenvalue weighted by atomic mass is 35.5. The molecule has 0 saturated heterocycles. The Morgan fingerprint density at radius 1 is 1.04 bits per heavy atom. The van der Waals surface area contributed by atoms with E-state index in [1.807, 2.05) is 24.3 Å². The van der Waals surface area contributed by atoms with Gasteiger partial charge in [-0.3, -0.25) is 4.79 Å². The fourth-order valence-corrected chi connectivity index (χ4v) is 2.37. The van der Waals surface area contributed by atoms with Gasteiger partial charge in [-0.2, -0.15) is 0 Å². The van der Waals surface area contributed by atoms with Gasteiger partial charge in [-0.15, -0.1) is 10.2 Å². The molecule has 3 rings (SSSR count). The van der Waals surface area contributed by atoms with Gasteiger partial charge in [-0.1, -0.05) is 29.8 Å². The molecule has 0 aliphatic carbocycles. The number of nitrogens with one attached hydrogen (secondary N) is 2. The average Bonchev–Trinajstić information content (AvgIpc) is 2.68. The van der Waals surface area contributed by atoms with Crippen LogP contribution in [0.1, 0.15) is 15.9 Å². The van der Waals surface area contributed by atoms with Crippen molar-refractivity contribution in [3.8, 4) is 5.75 Å². The number of aromatic nitrogens is 2. The number of methoxy groups -OCH3 is 1. The summed E-state index contributed by atoms with van der Waals surface area (Å²) in [6.07, 6.45) is 0. The largest absolute Gasteiger partial charge is 0.497 e. The number of amides is 1. The van der Waals surface area contributed by atoms with Gasteiger partial charge in [-0.05, 0) is 48.0 Å². The molecule has 0 radical (unpaired) electrons. The standard InChI is InChI=1S/C19H17ClN4O2/c1-26-16-4-2-3-14(11-16)19(25)22-18-10-9-17(23-24-18)21-12-13-5-7-15(20)8-6-13/h2-11H,12H2,1H3,(H,21,23)(H,22,24,25). The smallest absolute Gasteiger partial charge is 0.256 e. The van der Waals surface area contributed by atoms with E-state index in [4.69, 9.17) is 16.3 Å². The van der Waals surface area contributed by atoms with Gasteiger partial charge in [0.25, 0.3) is 5.91 Å². The molecule has 0 aliphatic rings. The number of halogens is 1. The van der Waals surface area contributed by atoms with Crippen LogP contribution in [-0.4, -0.2) is 23.2 Å². The van der Waals surface area contributed by atoms with Crippen molar-refractivity contribution in [3.05, 3.63) is 76.8 Å². The van der Waals surface area contributed by atoms with Crippen LogP contribution < -0.4 is 15.4 Å². The third-order valence-electron chi connectivity index (χ3n) is 3.62. The molecule has 3 aromatic rings. The fourth-order valence-electron chi connectivity index (χ4n) is 2.24. The van der Waals surface area contributed by atoms with Gasteiger partial charge in [0.15, 0.2) is 5.82 Å². The second-order valence-electron chi connectivity index (χ2n) is 5.47.